The van der Waals surface area contributed by atoms with E-state index < -0.39 is 16.8 Å². The molecule has 1 atom stereocenters. The molecule has 1 aromatic carbocycles. The van der Waals surface area contributed by atoms with Crippen LogP contribution in [0, 0.1) is 5.82 Å². The first-order chi connectivity index (χ1) is 11.6. The van der Waals surface area contributed by atoms with Crippen molar-refractivity contribution in [1.82, 2.24) is 10.3 Å². The van der Waals surface area contributed by atoms with Gasteiger partial charge in [-0.25, -0.2) is 13.6 Å². The standard InChI is InChI=1S/C15H20ClFN4OS2/c1-2-18-5-3-4-6-19-13-10-12(17)14(9-11(13)16)24(22)21-15-20-7-8-23-15/h7-10,18-19H,2-6H2,1H3,(H,20,21). The Hall–Kier alpha value is -1.22. The van der Waals surface area contributed by atoms with E-state index in [1.165, 1.54) is 23.5 Å². The number of benzene rings is 1. The van der Waals surface area contributed by atoms with E-state index in [-0.39, 0.29) is 4.90 Å². The van der Waals surface area contributed by atoms with Gasteiger partial charge in [0.05, 0.1) is 15.6 Å². The molecule has 3 N–H and O–H groups in total. The second-order valence-corrected chi connectivity index (χ2v) is 7.44. The van der Waals surface area contributed by atoms with Crippen LogP contribution in [0.25, 0.3) is 0 Å². The van der Waals surface area contributed by atoms with Crippen LogP contribution in [0.4, 0.5) is 15.2 Å². The van der Waals surface area contributed by atoms with E-state index in [1.807, 2.05) is 0 Å². The van der Waals surface area contributed by atoms with Crippen LogP contribution in [0.3, 0.4) is 0 Å². The summed E-state index contributed by atoms with van der Waals surface area (Å²) in [6, 6.07) is 2.66. The van der Waals surface area contributed by atoms with Gasteiger partial charge in [0.1, 0.15) is 5.82 Å². The van der Waals surface area contributed by atoms with Gasteiger partial charge >= 0.3 is 0 Å². The van der Waals surface area contributed by atoms with Crippen molar-refractivity contribution in [3.05, 3.63) is 34.5 Å². The summed E-state index contributed by atoms with van der Waals surface area (Å²) >= 11 is 7.46. The molecule has 0 bridgehead atoms. The Kier molecular flexibility index (Phi) is 7.90. The molecular formula is C15H20ClFN4OS2. The third kappa shape index (κ3) is 5.70. The molecule has 0 radical (unpaired) electrons. The molecule has 0 saturated heterocycles. The molecule has 1 heterocycles. The van der Waals surface area contributed by atoms with Gasteiger partial charge < -0.3 is 10.6 Å². The number of halogens is 2. The summed E-state index contributed by atoms with van der Waals surface area (Å²) in [5.74, 6) is -0.572. The monoisotopic (exact) mass is 390 g/mol. The van der Waals surface area contributed by atoms with E-state index in [1.54, 1.807) is 11.6 Å². The zero-order chi connectivity index (χ0) is 17.4. The molecule has 0 aliphatic rings. The van der Waals surface area contributed by atoms with E-state index in [0.717, 1.165) is 25.9 Å². The second kappa shape index (κ2) is 9.93. The van der Waals surface area contributed by atoms with E-state index in [4.69, 9.17) is 11.6 Å². The van der Waals surface area contributed by atoms with Crippen LogP contribution >= 0.6 is 22.9 Å². The molecule has 0 saturated carbocycles. The van der Waals surface area contributed by atoms with Gasteiger partial charge in [-0.05, 0) is 38.1 Å². The van der Waals surface area contributed by atoms with Crippen LogP contribution in [-0.4, -0.2) is 28.8 Å². The average Bonchev–Trinajstić information content (AvgIpc) is 3.06. The number of anilines is 2. The van der Waals surface area contributed by atoms with E-state index in [2.05, 4.69) is 27.3 Å². The maximum atomic E-state index is 14.2. The first-order valence-electron chi connectivity index (χ1n) is 7.63. The highest BCUT2D eigenvalue weighted by atomic mass is 35.5. The summed E-state index contributed by atoms with van der Waals surface area (Å²) in [7, 11) is -1.75. The number of nitrogens with zero attached hydrogens (tertiary/aromatic N) is 1. The number of rotatable bonds is 10. The summed E-state index contributed by atoms with van der Waals surface area (Å²) in [6.45, 7) is 4.68. The number of unbranched alkanes of at least 4 members (excludes halogenated alkanes) is 1. The van der Waals surface area contributed by atoms with Gasteiger partial charge in [0.2, 0.25) is 0 Å². The minimum Gasteiger partial charge on any atom is -0.384 e. The van der Waals surface area contributed by atoms with E-state index in [9.17, 15) is 8.60 Å². The van der Waals surface area contributed by atoms with Crippen molar-refractivity contribution >= 4 is 44.7 Å². The molecule has 2 rings (SSSR count). The van der Waals surface area contributed by atoms with Crippen LogP contribution in [0.2, 0.25) is 5.02 Å². The van der Waals surface area contributed by atoms with Gasteiger partial charge in [0.15, 0.2) is 16.1 Å². The summed E-state index contributed by atoms with van der Waals surface area (Å²) in [6.07, 6.45) is 3.56. The minimum atomic E-state index is -1.75. The summed E-state index contributed by atoms with van der Waals surface area (Å²) in [4.78, 5) is 3.97. The minimum absolute atomic E-state index is 0.00731. The Morgan fingerprint density at radius 1 is 1.33 bits per heavy atom. The van der Waals surface area contributed by atoms with Crippen LogP contribution in [0.1, 0.15) is 19.8 Å². The predicted molar refractivity (Wildman–Crippen MR) is 99.8 cm³/mol. The number of aromatic nitrogens is 1. The Morgan fingerprint density at radius 3 is 2.83 bits per heavy atom. The van der Waals surface area contributed by atoms with Crippen molar-refractivity contribution in [1.29, 1.82) is 0 Å². The smallest absolute Gasteiger partial charge is 0.194 e. The second-order valence-electron chi connectivity index (χ2n) is 4.96. The summed E-state index contributed by atoms with van der Waals surface area (Å²) < 4.78 is 29.1. The lowest BCUT2D eigenvalue weighted by atomic mass is 10.2. The molecule has 0 fully saturated rings. The molecule has 5 nitrogen and oxygen atoms in total. The van der Waals surface area contributed by atoms with Crippen molar-refractivity contribution in [2.75, 3.05) is 29.7 Å². The van der Waals surface area contributed by atoms with Gasteiger partial charge in [-0.3, -0.25) is 4.72 Å². The van der Waals surface area contributed by atoms with Gasteiger partial charge in [-0.1, -0.05) is 18.5 Å². The Bertz CT molecular complexity index is 670. The van der Waals surface area contributed by atoms with Crippen LogP contribution in [0.15, 0.2) is 28.6 Å². The van der Waals surface area contributed by atoms with Crippen molar-refractivity contribution in [2.24, 2.45) is 0 Å². The number of nitrogens with one attached hydrogen (secondary N) is 3. The van der Waals surface area contributed by atoms with Gasteiger partial charge in [-0.2, -0.15) is 0 Å². The quantitative estimate of drug-likeness (QED) is 0.539. The molecule has 0 spiro atoms. The van der Waals surface area contributed by atoms with Crippen molar-refractivity contribution in [2.45, 2.75) is 24.7 Å². The van der Waals surface area contributed by atoms with Crippen LogP contribution < -0.4 is 15.4 Å². The Balaban J connectivity index is 1.93. The number of hydrogen-bond donors (Lipinski definition) is 3. The fraction of sp³-hybridized carbons (Fsp3) is 0.400. The zero-order valence-corrected chi connectivity index (χ0v) is 15.7. The largest absolute Gasteiger partial charge is 0.384 e. The lowest BCUT2D eigenvalue weighted by Crippen LogP contribution is -2.15. The SMILES string of the molecule is CCNCCCCNc1cc(F)c(S(=O)Nc2nccs2)cc1Cl. The molecule has 24 heavy (non-hydrogen) atoms. The Labute approximate surface area is 152 Å². The Morgan fingerprint density at radius 2 is 2.12 bits per heavy atom. The molecule has 2 aromatic rings. The maximum Gasteiger partial charge on any atom is 0.194 e. The van der Waals surface area contributed by atoms with Crippen molar-refractivity contribution in [3.8, 4) is 0 Å². The van der Waals surface area contributed by atoms with Crippen LogP contribution in [0.5, 0.6) is 0 Å². The maximum absolute atomic E-state index is 14.2. The molecule has 0 aliphatic carbocycles. The molecule has 132 valence electrons. The third-order valence-electron chi connectivity index (χ3n) is 3.18. The fourth-order valence-corrected chi connectivity index (χ4v) is 3.86. The molecule has 9 heteroatoms. The highest BCUT2D eigenvalue weighted by Gasteiger charge is 2.15. The molecular weight excluding hydrogens is 371 g/mol. The third-order valence-corrected chi connectivity index (χ3v) is 5.40. The first kappa shape index (κ1) is 19.1. The molecule has 1 unspecified atom stereocenters. The highest BCUT2D eigenvalue weighted by Crippen LogP contribution is 2.28. The lowest BCUT2D eigenvalue weighted by molar-refractivity contribution is 0.596. The number of thiazole rings is 1. The molecule has 0 amide bonds. The molecule has 0 aliphatic heterocycles. The lowest BCUT2D eigenvalue weighted by Gasteiger charge is -2.11. The van der Waals surface area contributed by atoms with Gasteiger partial charge in [0, 0.05) is 18.1 Å². The van der Waals surface area contributed by atoms with Crippen molar-refractivity contribution in [3.63, 3.8) is 0 Å². The average molecular weight is 391 g/mol. The topological polar surface area (TPSA) is 66.0 Å². The first-order valence-corrected chi connectivity index (χ1v) is 10.0. The van der Waals surface area contributed by atoms with Gasteiger partial charge in [0.25, 0.3) is 0 Å². The van der Waals surface area contributed by atoms with Crippen LogP contribution in [-0.2, 0) is 11.0 Å². The fourth-order valence-electron chi connectivity index (χ4n) is 1.99. The van der Waals surface area contributed by atoms with Crippen molar-refractivity contribution < 1.29 is 8.60 Å². The van der Waals surface area contributed by atoms with Gasteiger partial charge in [-0.15, -0.1) is 11.3 Å². The summed E-state index contributed by atoms with van der Waals surface area (Å²) in [5, 5.41) is 8.91. The van der Waals surface area contributed by atoms with E-state index >= 15 is 0 Å². The number of hydrogen-bond acceptors (Lipinski definition) is 5. The summed E-state index contributed by atoms with van der Waals surface area (Å²) in [5.41, 5.74) is 0.507. The van der Waals surface area contributed by atoms with E-state index in [0.29, 0.717) is 22.4 Å². The molecule has 1 aromatic heterocycles. The highest BCUT2D eigenvalue weighted by molar-refractivity contribution is 7.86. The zero-order valence-electron chi connectivity index (χ0n) is 13.3. The predicted octanol–water partition coefficient (Wildman–Crippen LogP) is 3.87. The normalized spacial score (nSPS) is 12.1.